The van der Waals surface area contributed by atoms with E-state index >= 15 is 0 Å². The van der Waals surface area contributed by atoms with Gasteiger partial charge in [0.1, 0.15) is 0 Å². The number of pyridine rings is 1. The van der Waals surface area contributed by atoms with Crippen LogP contribution in [0.25, 0.3) is 5.69 Å². The van der Waals surface area contributed by atoms with E-state index < -0.39 is 6.10 Å². The number of aliphatic hydroxyl groups is 1. The van der Waals surface area contributed by atoms with Gasteiger partial charge in [0.15, 0.2) is 0 Å². The van der Waals surface area contributed by atoms with Crippen molar-refractivity contribution in [3.05, 3.63) is 76.9 Å². The van der Waals surface area contributed by atoms with E-state index in [0.29, 0.717) is 38.2 Å². The predicted molar refractivity (Wildman–Crippen MR) is 110 cm³/mol. The summed E-state index contributed by atoms with van der Waals surface area (Å²) in [5.41, 5.74) is 5.55. The van der Waals surface area contributed by atoms with Gasteiger partial charge in [0.25, 0.3) is 5.91 Å². The summed E-state index contributed by atoms with van der Waals surface area (Å²) >= 11 is 0. The molecule has 2 aliphatic rings. The van der Waals surface area contributed by atoms with E-state index in [0.717, 1.165) is 28.2 Å². The lowest BCUT2D eigenvalue weighted by Gasteiger charge is -2.34. The molecule has 1 N–H and O–H groups in total. The van der Waals surface area contributed by atoms with Crippen molar-refractivity contribution in [3.8, 4) is 5.69 Å². The van der Waals surface area contributed by atoms with Gasteiger partial charge in [0.2, 0.25) is 0 Å². The number of hydrogen-bond acceptors (Lipinski definition) is 5. The van der Waals surface area contributed by atoms with Crippen LogP contribution < -0.4 is 0 Å². The molecule has 2 aliphatic heterocycles. The summed E-state index contributed by atoms with van der Waals surface area (Å²) in [7, 11) is 0. The van der Waals surface area contributed by atoms with Crippen LogP contribution in [0.5, 0.6) is 0 Å². The van der Waals surface area contributed by atoms with E-state index in [1.807, 2.05) is 42.1 Å². The van der Waals surface area contributed by atoms with Crippen molar-refractivity contribution in [1.82, 2.24) is 19.7 Å². The number of rotatable bonds is 4. The second-order valence-electron chi connectivity index (χ2n) is 7.95. The van der Waals surface area contributed by atoms with Crippen molar-refractivity contribution in [2.75, 3.05) is 13.2 Å². The van der Waals surface area contributed by atoms with Crippen LogP contribution in [0.3, 0.4) is 0 Å². The van der Waals surface area contributed by atoms with Crippen molar-refractivity contribution >= 4 is 5.91 Å². The van der Waals surface area contributed by atoms with Crippen molar-refractivity contribution in [3.63, 3.8) is 0 Å². The molecule has 1 fully saturated rings. The molecular formula is C23H24N4O3. The fraction of sp³-hybridized carbons (Fsp3) is 0.348. The maximum absolute atomic E-state index is 13.0. The summed E-state index contributed by atoms with van der Waals surface area (Å²) in [4.78, 5) is 19.5. The number of hydrogen-bond donors (Lipinski definition) is 1. The number of benzene rings is 1. The lowest BCUT2D eigenvalue weighted by molar-refractivity contribution is -0.0529. The molecule has 4 heterocycles. The molecule has 7 heteroatoms. The highest BCUT2D eigenvalue weighted by molar-refractivity contribution is 5.98. The summed E-state index contributed by atoms with van der Waals surface area (Å²) in [6.07, 6.45) is 4.37. The number of ether oxygens (including phenoxy) is 1. The first kappa shape index (κ1) is 19.0. The molecule has 0 spiro atoms. The van der Waals surface area contributed by atoms with Crippen LogP contribution in [0.4, 0.5) is 0 Å². The first-order valence-electron chi connectivity index (χ1n) is 10.3. The molecule has 3 aromatic rings. The summed E-state index contributed by atoms with van der Waals surface area (Å²) in [6, 6.07) is 11.8. The molecule has 5 rings (SSSR count). The van der Waals surface area contributed by atoms with E-state index in [-0.39, 0.29) is 11.9 Å². The third kappa shape index (κ3) is 3.40. The van der Waals surface area contributed by atoms with Gasteiger partial charge in [0, 0.05) is 24.7 Å². The largest absolute Gasteiger partial charge is 0.391 e. The van der Waals surface area contributed by atoms with Gasteiger partial charge < -0.3 is 14.7 Å². The fourth-order valence-corrected chi connectivity index (χ4v) is 4.25. The van der Waals surface area contributed by atoms with E-state index in [1.54, 1.807) is 11.1 Å². The molecule has 1 aromatic carbocycles. The highest BCUT2D eigenvalue weighted by Gasteiger charge is 2.38. The standard InChI is InChI=1S/C23H24N4O3/c1-15-17(11-16-3-5-18(6-4-16)27-9-2-8-24-27)12-19-20(25-15)13-26(23(19)29)21-14-30-10-7-22(21)28/h2-6,8-9,12,21-22,28H,7,10-11,13-14H2,1H3. The molecule has 0 radical (unpaired) electrons. The Morgan fingerprint density at radius 1 is 1.27 bits per heavy atom. The minimum Gasteiger partial charge on any atom is -0.391 e. The normalized spacial score (nSPS) is 21.1. The van der Waals surface area contributed by atoms with Gasteiger partial charge in [-0.3, -0.25) is 9.78 Å². The Morgan fingerprint density at radius 3 is 2.83 bits per heavy atom. The molecule has 30 heavy (non-hydrogen) atoms. The maximum Gasteiger partial charge on any atom is 0.256 e. The summed E-state index contributed by atoms with van der Waals surface area (Å²) in [5, 5.41) is 14.6. The molecule has 2 aromatic heterocycles. The van der Waals surface area contributed by atoms with Gasteiger partial charge in [0.05, 0.1) is 42.2 Å². The van der Waals surface area contributed by atoms with Crippen LogP contribution >= 0.6 is 0 Å². The minimum absolute atomic E-state index is 0.0673. The number of aliphatic hydroxyl groups excluding tert-OH is 1. The third-order valence-corrected chi connectivity index (χ3v) is 6.00. The van der Waals surface area contributed by atoms with Gasteiger partial charge in [-0.2, -0.15) is 5.10 Å². The molecule has 0 saturated carbocycles. The minimum atomic E-state index is -0.550. The van der Waals surface area contributed by atoms with E-state index in [2.05, 4.69) is 17.2 Å². The lowest BCUT2D eigenvalue weighted by atomic mass is 10.0. The topological polar surface area (TPSA) is 80.5 Å². The van der Waals surface area contributed by atoms with E-state index in [1.165, 1.54) is 0 Å². The first-order valence-corrected chi connectivity index (χ1v) is 10.3. The highest BCUT2D eigenvalue weighted by atomic mass is 16.5. The highest BCUT2D eigenvalue weighted by Crippen LogP contribution is 2.29. The van der Waals surface area contributed by atoms with Crippen molar-refractivity contribution < 1.29 is 14.6 Å². The van der Waals surface area contributed by atoms with E-state index in [4.69, 9.17) is 9.72 Å². The zero-order valence-corrected chi connectivity index (χ0v) is 16.9. The molecule has 0 bridgehead atoms. The molecule has 2 unspecified atom stereocenters. The Bertz CT molecular complexity index is 1060. The maximum atomic E-state index is 13.0. The van der Waals surface area contributed by atoms with Crippen molar-refractivity contribution in [2.24, 2.45) is 0 Å². The lowest BCUT2D eigenvalue weighted by Crippen LogP contribution is -2.49. The summed E-state index contributed by atoms with van der Waals surface area (Å²) in [6.45, 7) is 3.32. The van der Waals surface area contributed by atoms with Gasteiger partial charge >= 0.3 is 0 Å². The monoisotopic (exact) mass is 404 g/mol. The van der Waals surface area contributed by atoms with Crippen LogP contribution in [-0.2, 0) is 17.7 Å². The van der Waals surface area contributed by atoms with E-state index in [9.17, 15) is 9.90 Å². The summed E-state index contributed by atoms with van der Waals surface area (Å²) in [5.74, 6) is -0.0673. The second-order valence-corrected chi connectivity index (χ2v) is 7.95. The Hall–Kier alpha value is -3.03. The average molecular weight is 404 g/mol. The van der Waals surface area contributed by atoms with Crippen LogP contribution in [0, 0.1) is 6.92 Å². The van der Waals surface area contributed by atoms with Crippen LogP contribution in [0.2, 0.25) is 0 Å². The number of amides is 1. The first-order chi connectivity index (χ1) is 14.6. The van der Waals surface area contributed by atoms with Crippen LogP contribution in [0.15, 0.2) is 48.8 Å². The van der Waals surface area contributed by atoms with Crippen molar-refractivity contribution in [1.29, 1.82) is 0 Å². The van der Waals surface area contributed by atoms with Gasteiger partial charge in [-0.05, 0) is 55.2 Å². The third-order valence-electron chi connectivity index (χ3n) is 6.00. The number of nitrogens with zero attached hydrogens (tertiary/aromatic N) is 4. The molecule has 1 amide bonds. The number of aryl methyl sites for hydroxylation is 1. The average Bonchev–Trinajstić information content (AvgIpc) is 3.39. The SMILES string of the molecule is Cc1nc2c(cc1Cc1ccc(-n3cccn3)cc1)C(=O)N(C1COCCC1O)C2. The van der Waals surface area contributed by atoms with Crippen LogP contribution in [0.1, 0.15) is 39.3 Å². The number of carbonyl (C=O) groups excluding carboxylic acids is 1. The Balaban J connectivity index is 1.37. The molecule has 154 valence electrons. The summed E-state index contributed by atoms with van der Waals surface area (Å²) < 4.78 is 7.32. The molecule has 7 nitrogen and oxygen atoms in total. The van der Waals surface area contributed by atoms with Gasteiger partial charge in [-0.1, -0.05) is 12.1 Å². The Labute approximate surface area is 174 Å². The molecule has 0 aliphatic carbocycles. The Morgan fingerprint density at radius 2 is 2.10 bits per heavy atom. The van der Waals surface area contributed by atoms with Crippen molar-refractivity contribution in [2.45, 2.75) is 38.5 Å². The predicted octanol–water partition coefficient (Wildman–Crippen LogP) is 2.27. The zero-order chi connectivity index (χ0) is 20.7. The number of aromatic nitrogens is 3. The van der Waals surface area contributed by atoms with Crippen LogP contribution in [-0.4, -0.2) is 56.0 Å². The number of carbonyl (C=O) groups is 1. The Kier molecular flexibility index (Phi) is 4.84. The zero-order valence-electron chi connectivity index (χ0n) is 16.9. The molecule has 1 saturated heterocycles. The second kappa shape index (κ2) is 7.66. The fourth-order valence-electron chi connectivity index (χ4n) is 4.25. The number of fused-ring (bicyclic) bond motifs is 1. The molecule has 2 atom stereocenters. The smallest absolute Gasteiger partial charge is 0.256 e. The quantitative estimate of drug-likeness (QED) is 0.722. The molecular weight excluding hydrogens is 380 g/mol. The van der Waals surface area contributed by atoms with Gasteiger partial charge in [-0.25, -0.2) is 4.68 Å². The van der Waals surface area contributed by atoms with Gasteiger partial charge in [-0.15, -0.1) is 0 Å².